The molecular formula is C19H27N3O. The number of benzene rings is 1. The largest absolute Gasteiger partial charge is 0.345 e. The molecule has 4 heteroatoms. The number of hydrogen-bond donors (Lipinski definition) is 0. The second-order valence-corrected chi connectivity index (χ2v) is 6.35. The lowest BCUT2D eigenvalue weighted by Gasteiger charge is -2.23. The van der Waals surface area contributed by atoms with Crippen molar-refractivity contribution in [3.05, 3.63) is 35.4 Å². The fourth-order valence-electron chi connectivity index (χ4n) is 2.72. The van der Waals surface area contributed by atoms with Gasteiger partial charge < -0.3 is 4.90 Å². The SMILES string of the molecule is CCc1ccc(CN(CCC(=O)N(C)CCC#N)C2CC2)cc1. The monoisotopic (exact) mass is 313 g/mol. The molecule has 1 amide bonds. The van der Waals surface area contributed by atoms with Crippen molar-refractivity contribution >= 4 is 5.91 Å². The molecule has 0 bridgehead atoms. The van der Waals surface area contributed by atoms with Crippen LogP contribution in [-0.4, -0.2) is 41.9 Å². The van der Waals surface area contributed by atoms with Crippen LogP contribution >= 0.6 is 0 Å². The highest BCUT2D eigenvalue weighted by Crippen LogP contribution is 2.28. The van der Waals surface area contributed by atoms with Crippen molar-refractivity contribution in [2.24, 2.45) is 0 Å². The third-order valence-corrected chi connectivity index (χ3v) is 4.48. The highest BCUT2D eigenvalue weighted by atomic mass is 16.2. The van der Waals surface area contributed by atoms with E-state index in [0.29, 0.717) is 25.4 Å². The van der Waals surface area contributed by atoms with Gasteiger partial charge in [-0.15, -0.1) is 0 Å². The Hall–Kier alpha value is -1.86. The van der Waals surface area contributed by atoms with E-state index in [9.17, 15) is 4.79 Å². The number of amides is 1. The van der Waals surface area contributed by atoms with Gasteiger partial charge in [0, 0.05) is 39.1 Å². The van der Waals surface area contributed by atoms with Crippen molar-refractivity contribution in [2.45, 2.75) is 51.6 Å². The molecule has 0 radical (unpaired) electrons. The summed E-state index contributed by atoms with van der Waals surface area (Å²) in [6, 6.07) is 11.5. The van der Waals surface area contributed by atoms with Crippen LogP contribution in [0.15, 0.2) is 24.3 Å². The summed E-state index contributed by atoms with van der Waals surface area (Å²) in [5, 5.41) is 8.60. The molecule has 0 heterocycles. The zero-order valence-corrected chi connectivity index (χ0v) is 14.3. The van der Waals surface area contributed by atoms with Gasteiger partial charge in [-0.2, -0.15) is 5.26 Å². The minimum Gasteiger partial charge on any atom is -0.345 e. The van der Waals surface area contributed by atoms with Crippen LogP contribution in [0.5, 0.6) is 0 Å². The first-order chi connectivity index (χ1) is 11.1. The van der Waals surface area contributed by atoms with Crippen LogP contribution in [0, 0.1) is 11.3 Å². The van der Waals surface area contributed by atoms with Crippen LogP contribution < -0.4 is 0 Å². The lowest BCUT2D eigenvalue weighted by atomic mass is 10.1. The number of hydrogen-bond acceptors (Lipinski definition) is 3. The van der Waals surface area contributed by atoms with Gasteiger partial charge in [-0.05, 0) is 30.4 Å². The maximum absolute atomic E-state index is 12.1. The highest BCUT2D eigenvalue weighted by Gasteiger charge is 2.29. The lowest BCUT2D eigenvalue weighted by Crippen LogP contribution is -2.33. The molecule has 0 N–H and O–H groups in total. The van der Waals surface area contributed by atoms with Crippen molar-refractivity contribution in [1.82, 2.24) is 9.80 Å². The molecule has 1 aromatic rings. The topological polar surface area (TPSA) is 47.3 Å². The summed E-state index contributed by atoms with van der Waals surface area (Å²) in [6.07, 6.45) is 4.48. The van der Waals surface area contributed by atoms with Gasteiger partial charge in [-0.25, -0.2) is 0 Å². The maximum Gasteiger partial charge on any atom is 0.223 e. The van der Waals surface area contributed by atoms with Crippen molar-refractivity contribution in [1.29, 1.82) is 5.26 Å². The molecule has 124 valence electrons. The first kappa shape index (κ1) is 17.5. The Kier molecular flexibility index (Phi) is 6.61. The molecule has 0 aromatic heterocycles. The summed E-state index contributed by atoms with van der Waals surface area (Å²) < 4.78 is 0. The number of carbonyl (C=O) groups excluding carboxylic acids is 1. The number of nitrogens with zero attached hydrogens (tertiary/aromatic N) is 3. The van der Waals surface area contributed by atoms with E-state index in [1.165, 1.54) is 24.0 Å². The third kappa shape index (κ3) is 5.69. The summed E-state index contributed by atoms with van der Waals surface area (Å²) >= 11 is 0. The number of rotatable bonds is 9. The van der Waals surface area contributed by atoms with Crippen molar-refractivity contribution in [3.8, 4) is 6.07 Å². The minimum absolute atomic E-state index is 0.132. The van der Waals surface area contributed by atoms with Gasteiger partial charge in [0.15, 0.2) is 0 Å². The molecular weight excluding hydrogens is 286 g/mol. The number of nitriles is 1. The molecule has 4 nitrogen and oxygen atoms in total. The average Bonchev–Trinajstić information content (AvgIpc) is 3.41. The van der Waals surface area contributed by atoms with Crippen LogP contribution in [-0.2, 0) is 17.8 Å². The third-order valence-electron chi connectivity index (χ3n) is 4.48. The smallest absolute Gasteiger partial charge is 0.223 e. The van der Waals surface area contributed by atoms with Crippen LogP contribution in [0.1, 0.15) is 43.7 Å². The second-order valence-electron chi connectivity index (χ2n) is 6.35. The predicted molar refractivity (Wildman–Crippen MR) is 91.7 cm³/mol. The summed E-state index contributed by atoms with van der Waals surface area (Å²) in [5.74, 6) is 0.132. The molecule has 1 saturated carbocycles. The standard InChI is InChI=1S/C19H27N3O/c1-3-16-5-7-17(8-6-16)15-22(18-9-10-18)14-11-19(23)21(2)13-4-12-20/h5-8,18H,3-4,9-11,13-15H2,1-2H3. The first-order valence-electron chi connectivity index (χ1n) is 8.56. The normalized spacial score (nSPS) is 13.8. The van der Waals surface area contributed by atoms with Crippen molar-refractivity contribution in [3.63, 3.8) is 0 Å². The molecule has 0 unspecified atom stereocenters. The molecule has 1 aliphatic carbocycles. The number of aryl methyl sites for hydroxylation is 1. The first-order valence-corrected chi connectivity index (χ1v) is 8.56. The molecule has 0 spiro atoms. The van der Waals surface area contributed by atoms with Crippen molar-refractivity contribution in [2.75, 3.05) is 20.1 Å². The van der Waals surface area contributed by atoms with E-state index in [0.717, 1.165) is 19.5 Å². The van der Waals surface area contributed by atoms with E-state index in [2.05, 4.69) is 42.2 Å². The zero-order chi connectivity index (χ0) is 16.7. The maximum atomic E-state index is 12.1. The van der Waals surface area contributed by atoms with Gasteiger partial charge >= 0.3 is 0 Å². The van der Waals surface area contributed by atoms with Gasteiger partial charge in [0.2, 0.25) is 5.91 Å². The fraction of sp³-hybridized carbons (Fsp3) is 0.579. The van der Waals surface area contributed by atoms with Gasteiger partial charge in [-0.1, -0.05) is 31.2 Å². The molecule has 0 atom stereocenters. The summed E-state index contributed by atoms with van der Waals surface area (Å²) in [5.41, 5.74) is 2.68. The summed E-state index contributed by atoms with van der Waals surface area (Å²) in [6.45, 7) is 4.41. The minimum atomic E-state index is 0.132. The molecule has 23 heavy (non-hydrogen) atoms. The van der Waals surface area contributed by atoms with Crippen molar-refractivity contribution < 1.29 is 4.79 Å². The lowest BCUT2D eigenvalue weighted by molar-refractivity contribution is -0.130. The molecule has 0 saturated heterocycles. The molecule has 1 aromatic carbocycles. The Labute approximate surface area is 139 Å². The van der Waals surface area contributed by atoms with Gasteiger partial charge in [0.1, 0.15) is 0 Å². The van der Waals surface area contributed by atoms with E-state index >= 15 is 0 Å². The van der Waals surface area contributed by atoms with Gasteiger partial charge in [0.25, 0.3) is 0 Å². The Morgan fingerprint density at radius 2 is 1.87 bits per heavy atom. The molecule has 0 aliphatic heterocycles. The van der Waals surface area contributed by atoms with Gasteiger partial charge in [0.05, 0.1) is 12.5 Å². The van der Waals surface area contributed by atoms with Crippen LogP contribution in [0.2, 0.25) is 0 Å². The Morgan fingerprint density at radius 3 is 2.43 bits per heavy atom. The van der Waals surface area contributed by atoms with Crippen LogP contribution in [0.4, 0.5) is 0 Å². The second kappa shape index (κ2) is 8.69. The van der Waals surface area contributed by atoms with E-state index in [1.807, 2.05) is 0 Å². The molecule has 2 rings (SSSR count). The van der Waals surface area contributed by atoms with E-state index in [4.69, 9.17) is 5.26 Å². The quantitative estimate of drug-likeness (QED) is 0.704. The highest BCUT2D eigenvalue weighted by molar-refractivity contribution is 5.76. The summed E-state index contributed by atoms with van der Waals surface area (Å²) in [4.78, 5) is 16.2. The Morgan fingerprint density at radius 1 is 1.22 bits per heavy atom. The van der Waals surface area contributed by atoms with Crippen LogP contribution in [0.3, 0.4) is 0 Å². The Bertz CT molecular complexity index is 543. The van der Waals surface area contributed by atoms with E-state index < -0.39 is 0 Å². The average molecular weight is 313 g/mol. The number of carbonyl (C=O) groups is 1. The summed E-state index contributed by atoms with van der Waals surface area (Å²) in [7, 11) is 1.78. The molecule has 1 fully saturated rings. The molecule has 1 aliphatic rings. The fourth-order valence-corrected chi connectivity index (χ4v) is 2.72. The Balaban J connectivity index is 1.84. The van der Waals surface area contributed by atoms with Crippen LogP contribution in [0.25, 0.3) is 0 Å². The van der Waals surface area contributed by atoms with E-state index in [-0.39, 0.29) is 5.91 Å². The van der Waals surface area contributed by atoms with Gasteiger partial charge in [-0.3, -0.25) is 9.69 Å². The predicted octanol–water partition coefficient (Wildman–Crippen LogP) is 2.98. The zero-order valence-electron chi connectivity index (χ0n) is 14.3. The van der Waals surface area contributed by atoms with E-state index in [1.54, 1.807) is 11.9 Å².